The number of rotatable bonds is 9. The first kappa shape index (κ1) is 19.1. The van der Waals surface area contributed by atoms with E-state index in [2.05, 4.69) is 10.6 Å². The minimum absolute atomic E-state index is 0.208. The smallest absolute Gasteiger partial charge is 0.320 e. The Kier molecular flexibility index (Phi) is 7.06. The topological polar surface area (TPSA) is 96.9 Å². The Bertz CT molecular complexity index is 605. The highest BCUT2D eigenvalue weighted by Gasteiger charge is 2.22. The Morgan fingerprint density at radius 1 is 1.24 bits per heavy atom. The highest BCUT2D eigenvalue weighted by molar-refractivity contribution is 5.82. The first-order chi connectivity index (χ1) is 12.0. The van der Waals surface area contributed by atoms with Crippen molar-refractivity contribution in [3.63, 3.8) is 0 Å². The van der Waals surface area contributed by atoms with Crippen LogP contribution in [0.3, 0.4) is 0 Å². The van der Waals surface area contributed by atoms with Gasteiger partial charge in [-0.15, -0.1) is 0 Å². The normalized spacial score (nSPS) is 15.3. The molecule has 25 heavy (non-hydrogen) atoms. The Labute approximate surface area is 147 Å². The molecular formula is C18H26N2O5. The molecular weight excluding hydrogens is 324 g/mol. The van der Waals surface area contributed by atoms with Gasteiger partial charge in [-0.2, -0.15) is 0 Å². The van der Waals surface area contributed by atoms with Crippen molar-refractivity contribution in [3.05, 3.63) is 23.8 Å². The van der Waals surface area contributed by atoms with Crippen LogP contribution in [-0.2, 0) is 16.0 Å². The molecule has 3 N–H and O–H groups in total. The number of nitrogens with one attached hydrogen (secondary N) is 2. The van der Waals surface area contributed by atoms with Crippen molar-refractivity contribution in [2.75, 3.05) is 19.8 Å². The summed E-state index contributed by atoms with van der Waals surface area (Å²) in [7, 11) is 0. The van der Waals surface area contributed by atoms with Gasteiger partial charge in [-0.3, -0.25) is 14.9 Å². The molecule has 0 saturated heterocycles. The molecule has 0 aromatic heterocycles. The van der Waals surface area contributed by atoms with Crippen LogP contribution >= 0.6 is 0 Å². The number of carboxylic acid groups (broad SMARTS) is 1. The van der Waals surface area contributed by atoms with Crippen LogP contribution < -0.4 is 20.1 Å². The molecule has 0 radical (unpaired) electrons. The third-order valence-corrected chi connectivity index (χ3v) is 4.04. The predicted octanol–water partition coefficient (Wildman–Crippen LogP) is 1.35. The number of hydrogen-bond acceptors (Lipinski definition) is 5. The Balaban J connectivity index is 1.78. The second kappa shape index (κ2) is 9.27. The maximum Gasteiger partial charge on any atom is 0.320 e. The van der Waals surface area contributed by atoms with Crippen LogP contribution in [0, 0.1) is 0 Å². The van der Waals surface area contributed by atoms with E-state index in [1.165, 1.54) is 0 Å². The average molecular weight is 350 g/mol. The molecule has 1 aliphatic heterocycles. The first-order valence-electron chi connectivity index (χ1n) is 8.66. The van der Waals surface area contributed by atoms with Crippen molar-refractivity contribution >= 4 is 11.9 Å². The second-order valence-corrected chi connectivity index (χ2v) is 6.09. The number of benzene rings is 1. The first-order valence-corrected chi connectivity index (χ1v) is 8.66. The summed E-state index contributed by atoms with van der Waals surface area (Å²) in [5.74, 6) is 0.333. The number of ether oxygens (including phenoxy) is 2. The summed E-state index contributed by atoms with van der Waals surface area (Å²) in [5, 5.41) is 14.8. The quantitative estimate of drug-likeness (QED) is 0.622. The van der Waals surface area contributed by atoms with E-state index >= 15 is 0 Å². The minimum atomic E-state index is -0.933. The maximum atomic E-state index is 12.1. The fraction of sp³-hybridized carbons (Fsp3) is 0.556. The SMILES string of the molecule is CCCC(NC(C)C(=O)NCCc1ccc2c(c1)OCCO2)C(=O)O. The van der Waals surface area contributed by atoms with E-state index in [9.17, 15) is 9.59 Å². The van der Waals surface area contributed by atoms with Gasteiger partial charge in [0.25, 0.3) is 0 Å². The van der Waals surface area contributed by atoms with E-state index in [0.29, 0.717) is 32.6 Å². The van der Waals surface area contributed by atoms with Crippen LogP contribution in [-0.4, -0.2) is 48.8 Å². The summed E-state index contributed by atoms with van der Waals surface area (Å²) < 4.78 is 11.0. The van der Waals surface area contributed by atoms with Gasteiger partial charge in [-0.25, -0.2) is 0 Å². The third-order valence-electron chi connectivity index (χ3n) is 4.04. The lowest BCUT2D eigenvalue weighted by Gasteiger charge is -2.20. The van der Waals surface area contributed by atoms with Crippen molar-refractivity contribution < 1.29 is 24.2 Å². The number of carbonyl (C=O) groups is 2. The van der Waals surface area contributed by atoms with Crippen molar-refractivity contribution in [2.45, 2.75) is 45.2 Å². The molecule has 1 heterocycles. The second-order valence-electron chi connectivity index (χ2n) is 6.09. The van der Waals surface area contributed by atoms with Gasteiger partial charge in [0.05, 0.1) is 6.04 Å². The van der Waals surface area contributed by atoms with E-state index in [4.69, 9.17) is 14.6 Å². The van der Waals surface area contributed by atoms with Gasteiger partial charge in [0.15, 0.2) is 11.5 Å². The fourth-order valence-electron chi connectivity index (χ4n) is 2.67. The molecule has 7 heteroatoms. The molecule has 2 rings (SSSR count). The summed E-state index contributed by atoms with van der Waals surface area (Å²) in [6.07, 6.45) is 1.89. The third kappa shape index (κ3) is 5.63. The Morgan fingerprint density at radius 3 is 2.64 bits per heavy atom. The molecule has 0 saturated carbocycles. The summed E-state index contributed by atoms with van der Waals surface area (Å²) in [5.41, 5.74) is 1.04. The molecule has 0 fully saturated rings. The van der Waals surface area contributed by atoms with Gasteiger partial charge in [0.1, 0.15) is 19.3 Å². The van der Waals surface area contributed by atoms with E-state index in [1.54, 1.807) is 6.92 Å². The Hall–Kier alpha value is -2.28. The maximum absolute atomic E-state index is 12.1. The zero-order valence-electron chi connectivity index (χ0n) is 14.7. The number of carboxylic acids is 1. The fourth-order valence-corrected chi connectivity index (χ4v) is 2.67. The Morgan fingerprint density at radius 2 is 1.96 bits per heavy atom. The lowest BCUT2D eigenvalue weighted by Crippen LogP contribution is -2.49. The zero-order valence-corrected chi connectivity index (χ0v) is 14.7. The van der Waals surface area contributed by atoms with Gasteiger partial charge in [0.2, 0.25) is 5.91 Å². The number of amides is 1. The van der Waals surface area contributed by atoms with Crippen LogP contribution in [0.25, 0.3) is 0 Å². The predicted molar refractivity (Wildman–Crippen MR) is 93.1 cm³/mol. The molecule has 2 atom stereocenters. The van der Waals surface area contributed by atoms with E-state index in [-0.39, 0.29) is 5.91 Å². The molecule has 138 valence electrons. The standard InChI is InChI=1S/C18H26N2O5/c1-3-4-14(18(22)23)20-12(2)17(21)19-8-7-13-5-6-15-16(11-13)25-10-9-24-15/h5-6,11-12,14,20H,3-4,7-10H2,1-2H3,(H,19,21)(H,22,23). The van der Waals surface area contributed by atoms with E-state index in [0.717, 1.165) is 23.5 Å². The van der Waals surface area contributed by atoms with E-state index in [1.807, 2.05) is 25.1 Å². The average Bonchev–Trinajstić information content (AvgIpc) is 2.60. The summed E-state index contributed by atoms with van der Waals surface area (Å²) >= 11 is 0. The van der Waals surface area contributed by atoms with Crippen molar-refractivity contribution in [2.24, 2.45) is 0 Å². The van der Waals surface area contributed by atoms with Crippen LogP contribution in [0.4, 0.5) is 0 Å². The monoisotopic (exact) mass is 350 g/mol. The molecule has 2 unspecified atom stereocenters. The summed E-state index contributed by atoms with van der Waals surface area (Å²) in [4.78, 5) is 23.3. The van der Waals surface area contributed by atoms with Gasteiger partial charge >= 0.3 is 5.97 Å². The van der Waals surface area contributed by atoms with Crippen molar-refractivity contribution in [1.82, 2.24) is 10.6 Å². The number of aliphatic carboxylic acids is 1. The van der Waals surface area contributed by atoms with Gasteiger partial charge in [-0.1, -0.05) is 19.4 Å². The lowest BCUT2D eigenvalue weighted by molar-refractivity contribution is -0.140. The van der Waals surface area contributed by atoms with Gasteiger partial charge < -0.3 is 19.9 Å². The number of fused-ring (bicyclic) bond motifs is 1. The molecule has 1 amide bonds. The molecule has 1 aromatic rings. The van der Waals surface area contributed by atoms with E-state index < -0.39 is 18.1 Å². The highest BCUT2D eigenvalue weighted by Crippen LogP contribution is 2.30. The highest BCUT2D eigenvalue weighted by atomic mass is 16.6. The van der Waals surface area contributed by atoms with Crippen LogP contribution in [0.1, 0.15) is 32.3 Å². The van der Waals surface area contributed by atoms with Crippen molar-refractivity contribution in [1.29, 1.82) is 0 Å². The largest absolute Gasteiger partial charge is 0.486 e. The molecule has 1 aromatic carbocycles. The van der Waals surface area contributed by atoms with Crippen LogP contribution in [0.2, 0.25) is 0 Å². The zero-order chi connectivity index (χ0) is 18.2. The van der Waals surface area contributed by atoms with Gasteiger partial charge in [0, 0.05) is 6.54 Å². The molecule has 7 nitrogen and oxygen atoms in total. The van der Waals surface area contributed by atoms with Crippen LogP contribution in [0.5, 0.6) is 11.5 Å². The molecule has 0 spiro atoms. The molecule has 1 aliphatic rings. The minimum Gasteiger partial charge on any atom is -0.486 e. The lowest BCUT2D eigenvalue weighted by atomic mass is 10.1. The number of hydrogen-bond donors (Lipinski definition) is 3. The summed E-state index contributed by atoms with van der Waals surface area (Å²) in [6.45, 7) is 5.15. The molecule has 0 aliphatic carbocycles. The van der Waals surface area contributed by atoms with Gasteiger partial charge in [-0.05, 0) is 37.5 Å². The van der Waals surface area contributed by atoms with Crippen LogP contribution in [0.15, 0.2) is 18.2 Å². The van der Waals surface area contributed by atoms with Crippen molar-refractivity contribution in [3.8, 4) is 11.5 Å². The summed E-state index contributed by atoms with van der Waals surface area (Å²) in [6, 6.07) is 4.47. The number of carbonyl (C=O) groups excluding carboxylic acids is 1. The molecule has 0 bridgehead atoms.